The van der Waals surface area contributed by atoms with Crippen LogP contribution in [0.2, 0.25) is 5.02 Å². The van der Waals surface area contributed by atoms with E-state index in [0.29, 0.717) is 18.0 Å². The summed E-state index contributed by atoms with van der Waals surface area (Å²) in [7, 11) is 0. The minimum Gasteiger partial charge on any atom is -0.394 e. The number of rotatable bonds is 6. The number of aliphatic hydroxyl groups is 3. The molecule has 6 atom stereocenters. The smallest absolute Gasteiger partial charge is 0.213 e. The Morgan fingerprint density at radius 1 is 1.16 bits per heavy atom. The van der Waals surface area contributed by atoms with E-state index in [4.69, 9.17) is 21.1 Å². The number of hydrogen-bond acceptors (Lipinski definition) is 8. The quantitative estimate of drug-likeness (QED) is 0.350. The maximum absolute atomic E-state index is 13.7. The molecule has 0 radical (unpaired) electrons. The van der Waals surface area contributed by atoms with Crippen LogP contribution in [-0.2, 0) is 16.0 Å². The predicted molar refractivity (Wildman–Crippen MR) is 124 cm³/mol. The summed E-state index contributed by atoms with van der Waals surface area (Å²) in [6.07, 6.45) is -2.40. The number of halogens is 4. The highest BCUT2D eigenvalue weighted by Gasteiger charge is 2.61. The van der Waals surface area contributed by atoms with Crippen molar-refractivity contribution in [2.45, 2.75) is 49.1 Å². The Kier molecular flexibility index (Phi) is 7.24. The van der Waals surface area contributed by atoms with Gasteiger partial charge in [-0.2, -0.15) is 0 Å². The van der Waals surface area contributed by atoms with Crippen molar-refractivity contribution >= 4 is 11.6 Å². The van der Waals surface area contributed by atoms with Crippen LogP contribution in [-0.4, -0.2) is 73.7 Å². The van der Waals surface area contributed by atoms with E-state index < -0.39 is 60.2 Å². The Balaban J connectivity index is 1.44. The van der Waals surface area contributed by atoms with Crippen LogP contribution in [0.25, 0.3) is 11.3 Å². The summed E-state index contributed by atoms with van der Waals surface area (Å²) in [6, 6.07) is 6.98. The molecular formula is C24H24ClF3N4O5. The molecule has 37 heavy (non-hydrogen) atoms. The van der Waals surface area contributed by atoms with Crippen LogP contribution in [0.3, 0.4) is 0 Å². The molecule has 0 bridgehead atoms. The lowest BCUT2D eigenvalue weighted by atomic mass is 9.86. The van der Waals surface area contributed by atoms with Crippen LogP contribution in [0.5, 0.6) is 0 Å². The molecule has 0 aliphatic carbocycles. The van der Waals surface area contributed by atoms with Crippen molar-refractivity contribution in [2.75, 3.05) is 13.2 Å². The Morgan fingerprint density at radius 3 is 2.62 bits per heavy atom. The van der Waals surface area contributed by atoms with Gasteiger partial charge in [0.2, 0.25) is 5.79 Å². The molecule has 0 saturated carbocycles. The van der Waals surface area contributed by atoms with Gasteiger partial charge in [0.05, 0.1) is 25.5 Å². The summed E-state index contributed by atoms with van der Waals surface area (Å²) in [4.78, 5) is 0. The molecule has 2 aliphatic rings. The second-order valence-electron chi connectivity index (χ2n) is 9.02. The van der Waals surface area contributed by atoms with Crippen LogP contribution in [0.1, 0.15) is 18.0 Å². The molecule has 3 aromatic rings. The van der Waals surface area contributed by atoms with Crippen LogP contribution in [0.15, 0.2) is 42.6 Å². The van der Waals surface area contributed by atoms with Crippen LogP contribution < -0.4 is 5.32 Å². The van der Waals surface area contributed by atoms with Gasteiger partial charge in [0, 0.05) is 17.1 Å². The minimum atomic E-state index is -1.66. The lowest BCUT2D eigenvalue weighted by Gasteiger charge is -2.49. The largest absolute Gasteiger partial charge is 0.394 e. The van der Waals surface area contributed by atoms with E-state index >= 15 is 0 Å². The van der Waals surface area contributed by atoms with Gasteiger partial charge in [0.25, 0.3) is 0 Å². The van der Waals surface area contributed by atoms with E-state index in [9.17, 15) is 28.5 Å². The third-order valence-corrected chi connectivity index (χ3v) is 6.97. The van der Waals surface area contributed by atoms with Crippen LogP contribution >= 0.6 is 11.6 Å². The highest BCUT2D eigenvalue weighted by atomic mass is 35.5. The molecule has 0 unspecified atom stereocenters. The van der Waals surface area contributed by atoms with Gasteiger partial charge >= 0.3 is 0 Å². The van der Waals surface area contributed by atoms with Crippen molar-refractivity contribution in [1.29, 1.82) is 0 Å². The number of aromatic nitrogens is 3. The summed E-state index contributed by atoms with van der Waals surface area (Å²) in [5, 5.41) is 44.0. The van der Waals surface area contributed by atoms with E-state index in [1.807, 2.05) is 12.1 Å². The average molecular weight is 541 g/mol. The van der Waals surface area contributed by atoms with Gasteiger partial charge in [-0.1, -0.05) is 28.9 Å². The number of ether oxygens (including phenoxy) is 2. The number of nitrogens with zero attached hydrogens (tertiary/aromatic N) is 3. The summed E-state index contributed by atoms with van der Waals surface area (Å²) in [6.45, 7) is 0.00697. The first-order valence-electron chi connectivity index (χ1n) is 11.6. The van der Waals surface area contributed by atoms with E-state index in [1.54, 1.807) is 12.1 Å². The summed E-state index contributed by atoms with van der Waals surface area (Å²) >= 11 is 6.07. The number of hydrogen-bond donors (Lipinski definition) is 4. The van der Waals surface area contributed by atoms with Gasteiger partial charge in [0.15, 0.2) is 17.5 Å². The van der Waals surface area contributed by atoms with Gasteiger partial charge in [-0.05, 0) is 36.2 Å². The van der Waals surface area contributed by atoms with E-state index in [2.05, 4.69) is 15.6 Å². The second kappa shape index (κ2) is 10.3. The van der Waals surface area contributed by atoms with Crippen molar-refractivity contribution in [3.05, 3.63) is 70.6 Å². The fourth-order valence-electron chi connectivity index (χ4n) is 4.90. The van der Waals surface area contributed by atoms with E-state index in [-0.39, 0.29) is 17.9 Å². The lowest BCUT2D eigenvalue weighted by Crippen LogP contribution is -2.68. The molecule has 3 heterocycles. The number of aliphatic hydroxyl groups excluding tert-OH is 3. The van der Waals surface area contributed by atoms with Crippen molar-refractivity contribution in [1.82, 2.24) is 20.3 Å². The highest BCUT2D eigenvalue weighted by Crippen LogP contribution is 2.43. The standard InChI is InChI=1S/C24H24ClF3N4O5/c25-14-3-1-2-12(6-14)9-29-19-4-5-36-24(19)23(35)21(22(34)18(11-33)37-24)32-10-17(30-31-32)13-7-15(26)20(28)16(27)8-13/h1-3,6-8,10,18-19,21-23,29,33-35H,4-5,9,11H2/t18-,19-,21+,22+,23-,24+/m1/s1. The molecule has 5 rings (SSSR count). The van der Waals surface area contributed by atoms with Gasteiger partial charge in [0.1, 0.15) is 30.0 Å². The first-order valence-corrected chi connectivity index (χ1v) is 11.9. The topological polar surface area (TPSA) is 122 Å². The van der Waals surface area contributed by atoms with Crippen molar-refractivity contribution in [2.24, 2.45) is 0 Å². The zero-order chi connectivity index (χ0) is 26.3. The molecule has 9 nitrogen and oxygen atoms in total. The van der Waals surface area contributed by atoms with Crippen LogP contribution in [0, 0.1) is 17.5 Å². The maximum atomic E-state index is 13.7. The SMILES string of the molecule is OC[C@H]1O[C@]2(OCC[C@H]2NCc2cccc(Cl)c2)[C@H](O)[C@@H](n2cc(-c3cc(F)c(F)c(F)c3)nn2)[C@H]1O. The number of nitrogens with one attached hydrogen (secondary N) is 1. The number of benzene rings is 2. The molecule has 1 aromatic heterocycles. The van der Waals surface area contributed by atoms with Crippen molar-refractivity contribution in [3.63, 3.8) is 0 Å². The second-order valence-corrected chi connectivity index (χ2v) is 9.46. The molecule has 2 fully saturated rings. The summed E-state index contributed by atoms with van der Waals surface area (Å²) in [5.41, 5.74) is 0.765. The third-order valence-electron chi connectivity index (χ3n) is 6.74. The first kappa shape index (κ1) is 26.0. The van der Waals surface area contributed by atoms with Gasteiger partial charge in [-0.15, -0.1) is 5.10 Å². The van der Waals surface area contributed by atoms with Gasteiger partial charge in [-0.3, -0.25) is 0 Å². The van der Waals surface area contributed by atoms with E-state index in [0.717, 1.165) is 22.4 Å². The van der Waals surface area contributed by atoms with Gasteiger partial charge < -0.3 is 30.1 Å². The van der Waals surface area contributed by atoms with Gasteiger partial charge in [-0.25, -0.2) is 17.9 Å². The zero-order valence-electron chi connectivity index (χ0n) is 19.3. The average Bonchev–Trinajstić information content (AvgIpc) is 3.52. The van der Waals surface area contributed by atoms with Crippen molar-refractivity contribution < 1.29 is 38.0 Å². The minimum absolute atomic E-state index is 0.0266. The molecule has 0 amide bonds. The molecule has 198 valence electrons. The lowest BCUT2D eigenvalue weighted by molar-refractivity contribution is -0.345. The van der Waals surface area contributed by atoms with Crippen molar-refractivity contribution in [3.8, 4) is 11.3 Å². The third kappa shape index (κ3) is 4.74. The fourth-order valence-corrected chi connectivity index (χ4v) is 5.12. The molecule has 4 N–H and O–H groups in total. The normalized spacial score (nSPS) is 29.8. The maximum Gasteiger partial charge on any atom is 0.213 e. The molecular weight excluding hydrogens is 517 g/mol. The molecule has 2 aromatic carbocycles. The Bertz CT molecular complexity index is 1260. The first-order chi connectivity index (χ1) is 17.7. The molecule has 2 aliphatic heterocycles. The Morgan fingerprint density at radius 2 is 1.92 bits per heavy atom. The Labute approximate surface area is 214 Å². The monoisotopic (exact) mass is 540 g/mol. The summed E-state index contributed by atoms with van der Waals surface area (Å²) in [5.74, 6) is -6.07. The van der Waals surface area contributed by atoms with E-state index in [1.165, 1.54) is 6.20 Å². The van der Waals surface area contributed by atoms with Crippen LogP contribution in [0.4, 0.5) is 13.2 Å². The predicted octanol–water partition coefficient (Wildman–Crippen LogP) is 1.94. The Hall–Kier alpha value is -2.58. The molecule has 2 saturated heterocycles. The fraction of sp³-hybridized carbons (Fsp3) is 0.417. The zero-order valence-corrected chi connectivity index (χ0v) is 20.0. The molecule has 13 heteroatoms. The molecule has 1 spiro atoms. The summed E-state index contributed by atoms with van der Waals surface area (Å²) < 4.78 is 53.8. The highest BCUT2D eigenvalue weighted by molar-refractivity contribution is 6.30.